The first kappa shape index (κ1) is 18.4. The normalized spacial score (nSPS) is 11.4. The second kappa shape index (κ2) is 7.89. The summed E-state index contributed by atoms with van der Waals surface area (Å²) in [6.45, 7) is 3.50. The molecule has 0 saturated carbocycles. The molecule has 0 spiro atoms. The molecule has 6 nitrogen and oxygen atoms in total. The van der Waals surface area contributed by atoms with Crippen LogP contribution < -0.4 is 5.32 Å². The van der Waals surface area contributed by atoms with Gasteiger partial charge in [-0.1, -0.05) is 18.2 Å². The van der Waals surface area contributed by atoms with Crippen LogP contribution >= 0.6 is 11.3 Å². The molecule has 0 aliphatic heterocycles. The van der Waals surface area contributed by atoms with E-state index in [4.69, 9.17) is 4.74 Å². The lowest BCUT2D eigenvalue weighted by atomic mass is 10.1. The molecule has 2 N–H and O–H groups in total. The van der Waals surface area contributed by atoms with Crippen LogP contribution in [0, 0.1) is 11.3 Å². The molecule has 2 heterocycles. The molecule has 1 aromatic carbocycles. The molecule has 0 radical (unpaired) electrons. The Labute approximate surface area is 160 Å². The SMILES string of the molecule is CC(C)OC(=O)c1ccsc1NC(=O)C(C#N)=Cc1c[nH]c2ccccc12. The largest absolute Gasteiger partial charge is 0.459 e. The van der Waals surface area contributed by atoms with Crippen molar-refractivity contribution >= 4 is 45.2 Å². The number of benzene rings is 1. The van der Waals surface area contributed by atoms with E-state index in [9.17, 15) is 14.9 Å². The number of rotatable bonds is 5. The molecule has 0 unspecified atom stereocenters. The van der Waals surface area contributed by atoms with Crippen LogP contribution in [0.2, 0.25) is 0 Å². The lowest BCUT2D eigenvalue weighted by Crippen LogP contribution is -2.17. The lowest BCUT2D eigenvalue weighted by Gasteiger charge is -2.09. The Morgan fingerprint density at radius 2 is 2.07 bits per heavy atom. The molecular formula is C20H17N3O3S. The summed E-state index contributed by atoms with van der Waals surface area (Å²) in [6.07, 6.45) is 3.00. The van der Waals surface area contributed by atoms with E-state index >= 15 is 0 Å². The molecule has 0 fully saturated rings. The van der Waals surface area contributed by atoms with Crippen molar-refractivity contribution < 1.29 is 14.3 Å². The summed E-state index contributed by atoms with van der Waals surface area (Å²) in [5, 5.41) is 15.0. The third-order valence-electron chi connectivity index (χ3n) is 3.74. The number of ether oxygens (including phenoxy) is 1. The van der Waals surface area contributed by atoms with Gasteiger partial charge in [0.2, 0.25) is 0 Å². The van der Waals surface area contributed by atoms with Crippen molar-refractivity contribution in [3.63, 3.8) is 0 Å². The van der Waals surface area contributed by atoms with Gasteiger partial charge in [0.05, 0.1) is 11.7 Å². The second-order valence-electron chi connectivity index (χ2n) is 6.03. The third-order valence-corrected chi connectivity index (χ3v) is 4.57. The summed E-state index contributed by atoms with van der Waals surface area (Å²) >= 11 is 1.20. The summed E-state index contributed by atoms with van der Waals surface area (Å²) < 4.78 is 5.17. The Morgan fingerprint density at radius 3 is 2.81 bits per heavy atom. The summed E-state index contributed by atoms with van der Waals surface area (Å²) in [5.74, 6) is -1.09. The van der Waals surface area contributed by atoms with E-state index in [-0.39, 0.29) is 17.2 Å². The number of aromatic nitrogens is 1. The highest BCUT2D eigenvalue weighted by Gasteiger charge is 2.19. The van der Waals surface area contributed by atoms with Gasteiger partial charge < -0.3 is 15.0 Å². The van der Waals surface area contributed by atoms with Crippen molar-refractivity contribution in [3.05, 3.63) is 58.6 Å². The number of nitriles is 1. The fraction of sp³-hybridized carbons (Fsp3) is 0.150. The van der Waals surface area contributed by atoms with Crippen LogP contribution in [0.15, 0.2) is 47.5 Å². The lowest BCUT2D eigenvalue weighted by molar-refractivity contribution is -0.112. The molecule has 136 valence electrons. The molecule has 3 aromatic rings. The molecule has 0 atom stereocenters. The van der Waals surface area contributed by atoms with Gasteiger partial charge in [0.25, 0.3) is 5.91 Å². The van der Waals surface area contributed by atoms with E-state index in [0.717, 1.165) is 16.5 Å². The molecule has 27 heavy (non-hydrogen) atoms. The highest BCUT2D eigenvalue weighted by Crippen LogP contribution is 2.26. The topological polar surface area (TPSA) is 95.0 Å². The number of nitrogens with one attached hydrogen (secondary N) is 2. The number of esters is 1. The van der Waals surface area contributed by atoms with Gasteiger partial charge in [0.1, 0.15) is 16.6 Å². The number of amides is 1. The van der Waals surface area contributed by atoms with Crippen molar-refractivity contribution in [2.24, 2.45) is 0 Å². The van der Waals surface area contributed by atoms with E-state index in [0.29, 0.717) is 5.00 Å². The first-order valence-corrected chi connectivity index (χ1v) is 9.15. The Balaban J connectivity index is 1.84. The highest BCUT2D eigenvalue weighted by atomic mass is 32.1. The number of fused-ring (bicyclic) bond motifs is 1. The number of thiophene rings is 1. The standard InChI is InChI=1S/C20H17N3O3S/c1-12(2)26-20(25)16-7-8-27-19(16)23-18(24)13(10-21)9-14-11-22-17-6-4-3-5-15(14)17/h3-9,11-12,22H,1-2H3,(H,23,24). The quantitative estimate of drug-likeness (QED) is 0.392. The van der Waals surface area contributed by atoms with Gasteiger partial charge in [0, 0.05) is 22.7 Å². The van der Waals surface area contributed by atoms with Gasteiger partial charge >= 0.3 is 5.97 Å². The number of para-hydroxylation sites is 1. The Morgan fingerprint density at radius 1 is 1.30 bits per heavy atom. The van der Waals surface area contributed by atoms with Crippen LogP contribution in [0.25, 0.3) is 17.0 Å². The number of nitrogens with zero attached hydrogens (tertiary/aromatic N) is 1. The summed E-state index contributed by atoms with van der Waals surface area (Å²) in [6, 6.07) is 11.1. The molecule has 0 aliphatic rings. The van der Waals surface area contributed by atoms with Crippen molar-refractivity contribution in [3.8, 4) is 6.07 Å². The van der Waals surface area contributed by atoms with Crippen LogP contribution in [0.5, 0.6) is 0 Å². The van der Waals surface area contributed by atoms with Gasteiger partial charge in [0.15, 0.2) is 0 Å². The number of anilines is 1. The molecule has 0 bridgehead atoms. The predicted molar refractivity (Wildman–Crippen MR) is 105 cm³/mol. The first-order valence-electron chi connectivity index (χ1n) is 8.27. The van der Waals surface area contributed by atoms with Crippen LogP contribution in [0.1, 0.15) is 29.8 Å². The van der Waals surface area contributed by atoms with E-state index in [1.165, 1.54) is 17.4 Å². The van der Waals surface area contributed by atoms with Crippen LogP contribution in [0.3, 0.4) is 0 Å². The molecule has 2 aromatic heterocycles. The predicted octanol–water partition coefficient (Wildman–Crippen LogP) is 4.34. The van der Waals surface area contributed by atoms with Crippen molar-refractivity contribution in [1.29, 1.82) is 5.26 Å². The zero-order valence-electron chi connectivity index (χ0n) is 14.8. The van der Waals surface area contributed by atoms with Crippen LogP contribution in [-0.2, 0) is 9.53 Å². The van der Waals surface area contributed by atoms with E-state index in [1.54, 1.807) is 31.5 Å². The van der Waals surface area contributed by atoms with Crippen molar-refractivity contribution in [2.45, 2.75) is 20.0 Å². The minimum atomic E-state index is -0.580. The summed E-state index contributed by atoms with van der Waals surface area (Å²) in [7, 11) is 0. The smallest absolute Gasteiger partial charge is 0.341 e. The first-order chi connectivity index (χ1) is 13.0. The maximum absolute atomic E-state index is 12.5. The van der Waals surface area contributed by atoms with E-state index < -0.39 is 11.9 Å². The minimum absolute atomic E-state index is 0.0590. The maximum atomic E-state index is 12.5. The number of carbonyl (C=O) groups is 2. The Bertz CT molecular complexity index is 1070. The third kappa shape index (κ3) is 4.07. The van der Waals surface area contributed by atoms with Crippen LogP contribution in [0.4, 0.5) is 5.00 Å². The molecule has 0 aliphatic carbocycles. The van der Waals surface area contributed by atoms with Gasteiger partial charge in [-0.3, -0.25) is 4.79 Å². The molecule has 0 saturated heterocycles. The average molecular weight is 379 g/mol. The minimum Gasteiger partial charge on any atom is -0.459 e. The zero-order valence-corrected chi connectivity index (χ0v) is 15.6. The van der Waals surface area contributed by atoms with Crippen molar-refractivity contribution in [1.82, 2.24) is 4.98 Å². The van der Waals surface area contributed by atoms with E-state index in [1.807, 2.05) is 30.3 Å². The number of hydrogen-bond donors (Lipinski definition) is 2. The van der Waals surface area contributed by atoms with Crippen LogP contribution in [-0.4, -0.2) is 23.0 Å². The second-order valence-corrected chi connectivity index (χ2v) is 6.95. The Hall–Kier alpha value is -3.37. The Kier molecular flexibility index (Phi) is 5.38. The molecule has 3 rings (SSSR count). The van der Waals surface area contributed by atoms with Crippen molar-refractivity contribution in [2.75, 3.05) is 5.32 Å². The van der Waals surface area contributed by atoms with Gasteiger partial charge in [-0.25, -0.2) is 4.79 Å². The average Bonchev–Trinajstić information content (AvgIpc) is 3.26. The van der Waals surface area contributed by atoms with Gasteiger partial charge in [-0.05, 0) is 37.4 Å². The number of H-pyrrole nitrogens is 1. The number of hydrogen-bond acceptors (Lipinski definition) is 5. The highest BCUT2D eigenvalue weighted by molar-refractivity contribution is 7.14. The number of carbonyl (C=O) groups excluding carboxylic acids is 2. The zero-order chi connectivity index (χ0) is 19.4. The monoisotopic (exact) mass is 379 g/mol. The number of aromatic amines is 1. The van der Waals surface area contributed by atoms with Gasteiger partial charge in [-0.2, -0.15) is 5.26 Å². The molecular weight excluding hydrogens is 362 g/mol. The molecule has 7 heteroatoms. The summed E-state index contributed by atoms with van der Waals surface area (Å²) in [4.78, 5) is 27.8. The molecule has 1 amide bonds. The van der Waals surface area contributed by atoms with Gasteiger partial charge in [-0.15, -0.1) is 11.3 Å². The fourth-order valence-electron chi connectivity index (χ4n) is 2.53. The van der Waals surface area contributed by atoms with E-state index in [2.05, 4.69) is 10.3 Å². The fourth-order valence-corrected chi connectivity index (χ4v) is 3.30. The maximum Gasteiger partial charge on any atom is 0.341 e. The summed E-state index contributed by atoms with van der Waals surface area (Å²) in [5.41, 5.74) is 1.86.